The molecule has 18 heavy (non-hydrogen) atoms. The molecule has 102 valence electrons. The number of carbonyl (C=O) groups is 2. The van der Waals surface area contributed by atoms with Gasteiger partial charge < -0.3 is 10.1 Å². The second-order valence-corrected chi connectivity index (χ2v) is 5.98. The number of hydrogen-bond acceptors (Lipinski definition) is 2. The van der Waals surface area contributed by atoms with Crippen LogP contribution in [0.25, 0.3) is 0 Å². The second kappa shape index (κ2) is 6.91. The van der Waals surface area contributed by atoms with E-state index in [0.29, 0.717) is 18.3 Å². The molecule has 1 unspecified atom stereocenters. The van der Waals surface area contributed by atoms with Gasteiger partial charge in [-0.05, 0) is 37.5 Å². The first-order valence-corrected chi connectivity index (χ1v) is 7.54. The van der Waals surface area contributed by atoms with E-state index < -0.39 is 0 Å². The molecule has 1 amide bonds. The average molecular weight is 251 g/mol. The molecule has 1 N–H and O–H groups in total. The summed E-state index contributed by atoms with van der Waals surface area (Å²) in [5.74, 6) is 1.03. The van der Waals surface area contributed by atoms with Crippen molar-refractivity contribution in [1.82, 2.24) is 5.32 Å². The quantitative estimate of drug-likeness (QED) is 0.764. The SMILES string of the molecule is O=CC(NC(=O)CC1CCCC1)C1CCCCC1. The number of aldehydes is 1. The molecule has 2 aliphatic rings. The normalized spacial score (nSPS) is 23.8. The highest BCUT2D eigenvalue weighted by Gasteiger charge is 2.26. The van der Waals surface area contributed by atoms with Gasteiger partial charge in [-0.2, -0.15) is 0 Å². The Hall–Kier alpha value is -0.860. The lowest BCUT2D eigenvalue weighted by atomic mass is 9.84. The summed E-state index contributed by atoms with van der Waals surface area (Å²) in [5.41, 5.74) is 0. The van der Waals surface area contributed by atoms with Crippen LogP contribution in [-0.2, 0) is 9.59 Å². The Bertz CT molecular complexity index is 278. The third kappa shape index (κ3) is 3.82. The number of carbonyl (C=O) groups excluding carboxylic acids is 2. The van der Waals surface area contributed by atoms with E-state index in [-0.39, 0.29) is 11.9 Å². The Labute approximate surface area is 110 Å². The summed E-state index contributed by atoms with van der Waals surface area (Å²) < 4.78 is 0. The molecule has 3 heteroatoms. The Morgan fingerprint density at radius 1 is 1.06 bits per heavy atom. The van der Waals surface area contributed by atoms with E-state index in [4.69, 9.17) is 0 Å². The van der Waals surface area contributed by atoms with Crippen LogP contribution in [0.15, 0.2) is 0 Å². The molecule has 2 fully saturated rings. The monoisotopic (exact) mass is 251 g/mol. The van der Waals surface area contributed by atoms with Crippen molar-refractivity contribution in [1.29, 1.82) is 0 Å². The van der Waals surface area contributed by atoms with E-state index in [1.807, 2.05) is 0 Å². The fraction of sp³-hybridized carbons (Fsp3) is 0.867. The van der Waals surface area contributed by atoms with E-state index in [2.05, 4.69) is 5.32 Å². The topological polar surface area (TPSA) is 46.2 Å². The fourth-order valence-electron chi connectivity index (χ4n) is 3.48. The summed E-state index contributed by atoms with van der Waals surface area (Å²) in [6.45, 7) is 0. The van der Waals surface area contributed by atoms with Crippen molar-refractivity contribution < 1.29 is 9.59 Å². The van der Waals surface area contributed by atoms with Gasteiger partial charge in [-0.25, -0.2) is 0 Å². The lowest BCUT2D eigenvalue weighted by molar-refractivity contribution is -0.125. The molecule has 1 atom stereocenters. The van der Waals surface area contributed by atoms with Crippen LogP contribution in [0.1, 0.15) is 64.2 Å². The molecule has 0 heterocycles. The molecular weight excluding hydrogens is 226 g/mol. The smallest absolute Gasteiger partial charge is 0.220 e. The van der Waals surface area contributed by atoms with Gasteiger partial charge in [0, 0.05) is 6.42 Å². The molecule has 0 saturated heterocycles. The summed E-state index contributed by atoms with van der Waals surface area (Å²) in [6, 6.07) is -0.237. The van der Waals surface area contributed by atoms with Gasteiger partial charge in [0.1, 0.15) is 6.29 Å². The minimum absolute atomic E-state index is 0.0876. The van der Waals surface area contributed by atoms with Crippen molar-refractivity contribution in [3.05, 3.63) is 0 Å². The largest absolute Gasteiger partial charge is 0.346 e. The number of nitrogens with one attached hydrogen (secondary N) is 1. The van der Waals surface area contributed by atoms with Gasteiger partial charge in [0.05, 0.1) is 6.04 Å². The molecule has 0 radical (unpaired) electrons. The second-order valence-electron chi connectivity index (χ2n) is 5.98. The summed E-state index contributed by atoms with van der Waals surface area (Å²) in [4.78, 5) is 23.1. The predicted octanol–water partition coefficient (Wildman–Crippen LogP) is 2.83. The van der Waals surface area contributed by atoms with Crippen molar-refractivity contribution in [3.8, 4) is 0 Å². The molecule has 2 aliphatic carbocycles. The zero-order valence-corrected chi connectivity index (χ0v) is 11.2. The zero-order chi connectivity index (χ0) is 12.8. The Morgan fingerprint density at radius 3 is 2.28 bits per heavy atom. The van der Waals surface area contributed by atoms with Gasteiger partial charge in [0.2, 0.25) is 5.91 Å². The van der Waals surface area contributed by atoms with Crippen LogP contribution in [0.3, 0.4) is 0 Å². The van der Waals surface area contributed by atoms with Crippen molar-refractivity contribution in [3.63, 3.8) is 0 Å². The molecule has 2 saturated carbocycles. The van der Waals surface area contributed by atoms with Gasteiger partial charge in [0.15, 0.2) is 0 Å². The van der Waals surface area contributed by atoms with E-state index in [9.17, 15) is 9.59 Å². The molecule has 0 aromatic heterocycles. The highest BCUT2D eigenvalue weighted by atomic mass is 16.2. The maximum atomic E-state index is 11.9. The van der Waals surface area contributed by atoms with E-state index in [1.54, 1.807) is 0 Å². The maximum Gasteiger partial charge on any atom is 0.220 e. The van der Waals surface area contributed by atoms with E-state index in [1.165, 1.54) is 44.9 Å². The lowest BCUT2D eigenvalue weighted by Gasteiger charge is -2.27. The molecule has 0 bridgehead atoms. The minimum Gasteiger partial charge on any atom is -0.346 e. The standard InChI is InChI=1S/C15H25NO2/c17-11-14(13-8-2-1-3-9-13)16-15(18)10-12-6-4-5-7-12/h11-14H,1-10H2,(H,16,18). The third-order valence-electron chi connectivity index (χ3n) is 4.58. The summed E-state index contributed by atoms with van der Waals surface area (Å²) in [6.07, 6.45) is 12.3. The minimum atomic E-state index is -0.237. The van der Waals surface area contributed by atoms with Crippen molar-refractivity contribution >= 4 is 12.2 Å². The first-order valence-electron chi connectivity index (χ1n) is 7.54. The van der Waals surface area contributed by atoms with Gasteiger partial charge in [-0.1, -0.05) is 32.1 Å². The van der Waals surface area contributed by atoms with Crippen LogP contribution in [0.4, 0.5) is 0 Å². The van der Waals surface area contributed by atoms with Crippen LogP contribution in [0, 0.1) is 11.8 Å². The summed E-state index contributed by atoms with van der Waals surface area (Å²) in [7, 11) is 0. The van der Waals surface area contributed by atoms with Gasteiger partial charge in [-0.15, -0.1) is 0 Å². The summed E-state index contributed by atoms with van der Waals surface area (Å²) >= 11 is 0. The van der Waals surface area contributed by atoms with E-state index in [0.717, 1.165) is 19.1 Å². The number of hydrogen-bond donors (Lipinski definition) is 1. The van der Waals surface area contributed by atoms with Crippen LogP contribution >= 0.6 is 0 Å². The fourth-order valence-corrected chi connectivity index (χ4v) is 3.48. The first-order chi connectivity index (χ1) is 8.79. The molecule has 2 rings (SSSR count). The van der Waals surface area contributed by atoms with Crippen LogP contribution in [-0.4, -0.2) is 18.2 Å². The lowest BCUT2D eigenvalue weighted by Crippen LogP contribution is -2.42. The highest BCUT2D eigenvalue weighted by molar-refractivity contribution is 5.79. The Kier molecular flexibility index (Phi) is 5.21. The number of amides is 1. The van der Waals surface area contributed by atoms with Crippen molar-refractivity contribution in [2.24, 2.45) is 11.8 Å². The van der Waals surface area contributed by atoms with Crippen molar-refractivity contribution in [2.75, 3.05) is 0 Å². The predicted molar refractivity (Wildman–Crippen MR) is 71.1 cm³/mol. The maximum absolute atomic E-state index is 11.9. The zero-order valence-electron chi connectivity index (χ0n) is 11.2. The molecule has 3 nitrogen and oxygen atoms in total. The molecule has 0 aromatic rings. The first kappa shape index (κ1) is 13.6. The van der Waals surface area contributed by atoms with Crippen molar-refractivity contribution in [2.45, 2.75) is 70.3 Å². The van der Waals surface area contributed by atoms with Crippen LogP contribution < -0.4 is 5.32 Å². The molecule has 0 aliphatic heterocycles. The number of rotatable bonds is 5. The summed E-state index contributed by atoms with van der Waals surface area (Å²) in [5, 5.41) is 2.96. The van der Waals surface area contributed by atoms with Crippen LogP contribution in [0.5, 0.6) is 0 Å². The molecular formula is C15H25NO2. The Balaban J connectivity index is 1.77. The van der Waals surface area contributed by atoms with Crippen LogP contribution in [0.2, 0.25) is 0 Å². The average Bonchev–Trinajstić information content (AvgIpc) is 2.90. The van der Waals surface area contributed by atoms with Gasteiger partial charge in [0.25, 0.3) is 0 Å². The van der Waals surface area contributed by atoms with Gasteiger partial charge >= 0.3 is 0 Å². The Morgan fingerprint density at radius 2 is 1.67 bits per heavy atom. The molecule has 0 spiro atoms. The highest BCUT2D eigenvalue weighted by Crippen LogP contribution is 2.28. The molecule has 0 aromatic carbocycles. The van der Waals surface area contributed by atoms with E-state index >= 15 is 0 Å². The third-order valence-corrected chi connectivity index (χ3v) is 4.58. The van der Waals surface area contributed by atoms with Gasteiger partial charge in [-0.3, -0.25) is 4.79 Å².